The number of hydrogen-bond acceptors (Lipinski definition) is 2. The molecule has 0 aromatic heterocycles. The van der Waals surface area contributed by atoms with E-state index in [-0.39, 0.29) is 11.7 Å². The second-order valence-electron chi connectivity index (χ2n) is 3.34. The van der Waals surface area contributed by atoms with Crippen molar-refractivity contribution in [1.29, 1.82) is 0 Å². The lowest BCUT2D eigenvalue weighted by atomic mass is 9.93. The van der Waals surface area contributed by atoms with Gasteiger partial charge < -0.3 is 4.74 Å². The molecule has 1 aromatic carbocycles. The summed E-state index contributed by atoms with van der Waals surface area (Å²) in [5.41, 5.74) is 1.07. The largest absolute Gasteiger partial charge is 0.497 e. The standard InChI is InChI=1S/C12H16O2/c1-4-12(9(2)13)10-5-7-11(14-3)8-6-10/h5-8,12H,4H2,1-3H3. The minimum absolute atomic E-state index is 0.0286. The van der Waals surface area contributed by atoms with Gasteiger partial charge in [0.2, 0.25) is 0 Å². The van der Waals surface area contributed by atoms with Crippen LogP contribution < -0.4 is 4.74 Å². The topological polar surface area (TPSA) is 26.3 Å². The van der Waals surface area contributed by atoms with Crippen LogP contribution in [-0.2, 0) is 4.79 Å². The van der Waals surface area contributed by atoms with E-state index in [2.05, 4.69) is 0 Å². The molecule has 0 aliphatic rings. The smallest absolute Gasteiger partial charge is 0.137 e. The molecule has 76 valence electrons. The van der Waals surface area contributed by atoms with Gasteiger partial charge in [0.25, 0.3) is 0 Å². The number of rotatable bonds is 4. The second kappa shape index (κ2) is 4.80. The fourth-order valence-electron chi connectivity index (χ4n) is 1.59. The fraction of sp³-hybridized carbons (Fsp3) is 0.417. The van der Waals surface area contributed by atoms with Crippen LogP contribution in [0.5, 0.6) is 5.75 Å². The van der Waals surface area contributed by atoms with E-state index in [9.17, 15) is 4.79 Å². The molecule has 0 heterocycles. The zero-order valence-electron chi connectivity index (χ0n) is 8.91. The number of carbonyl (C=O) groups is 1. The van der Waals surface area contributed by atoms with Crippen LogP contribution in [0.1, 0.15) is 31.7 Å². The first-order valence-corrected chi connectivity index (χ1v) is 4.83. The van der Waals surface area contributed by atoms with E-state index in [0.717, 1.165) is 17.7 Å². The number of ketones is 1. The van der Waals surface area contributed by atoms with Crippen LogP contribution in [-0.4, -0.2) is 12.9 Å². The summed E-state index contributed by atoms with van der Waals surface area (Å²) in [5.74, 6) is 1.07. The van der Waals surface area contributed by atoms with E-state index in [1.54, 1.807) is 14.0 Å². The van der Waals surface area contributed by atoms with Gasteiger partial charge in [-0.3, -0.25) is 4.79 Å². The van der Waals surface area contributed by atoms with E-state index < -0.39 is 0 Å². The molecule has 1 aromatic rings. The normalized spacial score (nSPS) is 12.2. The highest BCUT2D eigenvalue weighted by Crippen LogP contribution is 2.22. The van der Waals surface area contributed by atoms with Crippen molar-refractivity contribution in [2.75, 3.05) is 7.11 Å². The molecule has 2 heteroatoms. The Labute approximate surface area is 84.9 Å². The zero-order chi connectivity index (χ0) is 10.6. The van der Waals surface area contributed by atoms with Gasteiger partial charge in [-0.05, 0) is 31.0 Å². The van der Waals surface area contributed by atoms with Gasteiger partial charge in [0, 0.05) is 5.92 Å². The monoisotopic (exact) mass is 192 g/mol. The van der Waals surface area contributed by atoms with Crippen LogP contribution in [0.2, 0.25) is 0 Å². The molecule has 1 rings (SSSR count). The zero-order valence-corrected chi connectivity index (χ0v) is 8.91. The van der Waals surface area contributed by atoms with Crippen LogP contribution >= 0.6 is 0 Å². The molecular weight excluding hydrogens is 176 g/mol. The molecule has 0 aliphatic carbocycles. The van der Waals surface area contributed by atoms with Gasteiger partial charge in [-0.2, -0.15) is 0 Å². The van der Waals surface area contributed by atoms with Gasteiger partial charge in [-0.25, -0.2) is 0 Å². The number of benzene rings is 1. The Kier molecular flexibility index (Phi) is 3.69. The summed E-state index contributed by atoms with van der Waals surface area (Å²) >= 11 is 0. The average molecular weight is 192 g/mol. The van der Waals surface area contributed by atoms with Gasteiger partial charge in [0.1, 0.15) is 11.5 Å². The third-order valence-corrected chi connectivity index (χ3v) is 2.42. The average Bonchev–Trinajstić information content (AvgIpc) is 2.19. The first-order chi connectivity index (χ1) is 6.69. The number of ether oxygens (including phenoxy) is 1. The Morgan fingerprint density at radius 2 is 1.93 bits per heavy atom. The van der Waals surface area contributed by atoms with E-state index in [1.807, 2.05) is 31.2 Å². The Hall–Kier alpha value is -1.31. The highest BCUT2D eigenvalue weighted by Gasteiger charge is 2.13. The van der Waals surface area contributed by atoms with Crippen molar-refractivity contribution in [3.63, 3.8) is 0 Å². The molecule has 2 nitrogen and oxygen atoms in total. The van der Waals surface area contributed by atoms with Crippen molar-refractivity contribution in [2.24, 2.45) is 0 Å². The van der Waals surface area contributed by atoms with E-state index in [4.69, 9.17) is 4.74 Å². The highest BCUT2D eigenvalue weighted by molar-refractivity contribution is 5.83. The highest BCUT2D eigenvalue weighted by atomic mass is 16.5. The Balaban J connectivity index is 2.89. The molecular formula is C12H16O2. The maximum absolute atomic E-state index is 11.3. The third kappa shape index (κ3) is 2.34. The van der Waals surface area contributed by atoms with Crippen LogP contribution in [0.25, 0.3) is 0 Å². The maximum Gasteiger partial charge on any atom is 0.137 e. The quantitative estimate of drug-likeness (QED) is 0.733. The summed E-state index contributed by atoms with van der Waals surface area (Å²) < 4.78 is 5.06. The summed E-state index contributed by atoms with van der Waals surface area (Å²) in [6, 6.07) is 7.69. The summed E-state index contributed by atoms with van der Waals surface area (Å²) in [7, 11) is 1.64. The predicted molar refractivity (Wildman–Crippen MR) is 56.7 cm³/mol. The number of carbonyl (C=O) groups excluding carboxylic acids is 1. The first-order valence-electron chi connectivity index (χ1n) is 4.83. The molecule has 0 amide bonds. The van der Waals surface area contributed by atoms with E-state index in [0.29, 0.717) is 0 Å². The van der Waals surface area contributed by atoms with Crippen molar-refractivity contribution in [1.82, 2.24) is 0 Å². The van der Waals surface area contributed by atoms with Crippen molar-refractivity contribution >= 4 is 5.78 Å². The van der Waals surface area contributed by atoms with Crippen LogP contribution in [0.15, 0.2) is 24.3 Å². The van der Waals surface area contributed by atoms with Crippen molar-refractivity contribution < 1.29 is 9.53 Å². The predicted octanol–water partition coefficient (Wildman–Crippen LogP) is 2.78. The Morgan fingerprint density at radius 3 is 2.29 bits per heavy atom. The van der Waals surface area contributed by atoms with Gasteiger partial charge in [-0.1, -0.05) is 19.1 Å². The molecule has 0 aliphatic heterocycles. The minimum atomic E-state index is 0.0286. The van der Waals surface area contributed by atoms with Crippen molar-refractivity contribution in [2.45, 2.75) is 26.2 Å². The minimum Gasteiger partial charge on any atom is -0.497 e. The maximum atomic E-state index is 11.3. The molecule has 0 spiro atoms. The lowest BCUT2D eigenvalue weighted by molar-refractivity contribution is -0.118. The lowest BCUT2D eigenvalue weighted by Crippen LogP contribution is -2.07. The van der Waals surface area contributed by atoms with Gasteiger partial charge in [-0.15, -0.1) is 0 Å². The van der Waals surface area contributed by atoms with Crippen molar-refractivity contribution in [3.8, 4) is 5.75 Å². The summed E-state index contributed by atoms with van der Waals surface area (Å²) in [6.45, 7) is 3.66. The molecule has 1 unspecified atom stereocenters. The van der Waals surface area contributed by atoms with E-state index >= 15 is 0 Å². The van der Waals surface area contributed by atoms with Gasteiger partial charge in [0.15, 0.2) is 0 Å². The number of hydrogen-bond donors (Lipinski definition) is 0. The second-order valence-corrected chi connectivity index (χ2v) is 3.34. The molecule has 0 N–H and O–H groups in total. The molecule has 0 fully saturated rings. The molecule has 0 bridgehead atoms. The molecule has 0 saturated heterocycles. The third-order valence-electron chi connectivity index (χ3n) is 2.42. The van der Waals surface area contributed by atoms with E-state index in [1.165, 1.54) is 0 Å². The van der Waals surface area contributed by atoms with Crippen LogP contribution in [0, 0.1) is 0 Å². The Morgan fingerprint density at radius 1 is 1.36 bits per heavy atom. The number of Topliss-reactive ketones (excluding diaryl/α,β-unsaturated/α-hetero) is 1. The molecule has 1 atom stereocenters. The fourth-order valence-corrected chi connectivity index (χ4v) is 1.59. The lowest BCUT2D eigenvalue weighted by Gasteiger charge is -2.11. The SMILES string of the molecule is CCC(C(C)=O)c1ccc(OC)cc1. The molecule has 0 saturated carbocycles. The van der Waals surface area contributed by atoms with Crippen LogP contribution in [0.3, 0.4) is 0 Å². The molecule has 0 radical (unpaired) electrons. The number of methoxy groups -OCH3 is 1. The van der Waals surface area contributed by atoms with Crippen molar-refractivity contribution in [3.05, 3.63) is 29.8 Å². The summed E-state index contributed by atoms with van der Waals surface area (Å²) in [4.78, 5) is 11.3. The van der Waals surface area contributed by atoms with Gasteiger partial charge >= 0.3 is 0 Å². The van der Waals surface area contributed by atoms with Gasteiger partial charge in [0.05, 0.1) is 7.11 Å². The Bertz CT molecular complexity index is 301. The first kappa shape index (κ1) is 10.8. The van der Waals surface area contributed by atoms with Crippen LogP contribution in [0.4, 0.5) is 0 Å². The summed E-state index contributed by atoms with van der Waals surface area (Å²) in [5, 5.41) is 0. The molecule has 14 heavy (non-hydrogen) atoms. The summed E-state index contributed by atoms with van der Waals surface area (Å²) in [6.07, 6.45) is 0.849.